The maximum atomic E-state index is 11.1. The van der Waals surface area contributed by atoms with E-state index in [1.54, 1.807) is 0 Å². The van der Waals surface area contributed by atoms with Crippen LogP contribution >= 0.6 is 0 Å². The molecule has 0 saturated carbocycles. The van der Waals surface area contributed by atoms with Gasteiger partial charge in [-0.3, -0.25) is 4.79 Å². The first kappa shape index (κ1) is 14.0. The summed E-state index contributed by atoms with van der Waals surface area (Å²) in [5.74, 6) is -0.212. The number of ether oxygens (including phenoxy) is 3. The third kappa shape index (κ3) is 4.65. The summed E-state index contributed by atoms with van der Waals surface area (Å²) in [4.78, 5) is 11.1. The highest BCUT2D eigenvalue weighted by Gasteiger charge is 2.27. The molecular weight excluding hydrogens is 244 g/mol. The molecule has 0 N–H and O–H groups in total. The van der Waals surface area contributed by atoms with Gasteiger partial charge in [-0.1, -0.05) is 30.3 Å². The molecule has 19 heavy (non-hydrogen) atoms. The molecule has 1 heterocycles. The van der Waals surface area contributed by atoms with Crippen molar-refractivity contribution in [3.8, 4) is 0 Å². The maximum Gasteiger partial charge on any atom is 0.308 e. The monoisotopic (exact) mass is 264 g/mol. The van der Waals surface area contributed by atoms with Gasteiger partial charge in [0.1, 0.15) is 0 Å². The second-order valence-electron chi connectivity index (χ2n) is 4.74. The Morgan fingerprint density at radius 1 is 1.26 bits per heavy atom. The smallest absolute Gasteiger partial charge is 0.308 e. The lowest BCUT2D eigenvalue weighted by Gasteiger charge is -2.13. The van der Waals surface area contributed by atoms with Crippen LogP contribution in [0.15, 0.2) is 30.3 Å². The maximum absolute atomic E-state index is 11.1. The molecule has 1 aromatic rings. The number of hydrogen-bond donors (Lipinski definition) is 0. The van der Waals surface area contributed by atoms with Crippen molar-refractivity contribution in [1.29, 1.82) is 0 Å². The second kappa shape index (κ2) is 7.26. The Morgan fingerprint density at radius 3 is 2.74 bits per heavy atom. The number of carbonyl (C=O) groups excluding carboxylic acids is 1. The van der Waals surface area contributed by atoms with Crippen LogP contribution in [0.4, 0.5) is 0 Å². The predicted molar refractivity (Wildman–Crippen MR) is 70.6 cm³/mol. The zero-order valence-electron chi connectivity index (χ0n) is 11.2. The summed E-state index contributed by atoms with van der Waals surface area (Å²) in [6.45, 7) is 1.18. The molecule has 4 nitrogen and oxygen atoms in total. The van der Waals surface area contributed by atoms with Gasteiger partial charge in [0, 0.05) is 0 Å². The molecule has 0 aliphatic carbocycles. The molecular formula is C15H20O4. The molecule has 0 spiro atoms. The normalized spacial score (nSPS) is 22.4. The fraction of sp³-hybridized carbons (Fsp3) is 0.533. The Bertz CT molecular complexity index is 390. The Morgan fingerprint density at radius 2 is 2.00 bits per heavy atom. The van der Waals surface area contributed by atoms with Crippen molar-refractivity contribution in [2.75, 3.05) is 13.7 Å². The summed E-state index contributed by atoms with van der Waals surface area (Å²) in [5, 5.41) is 0. The van der Waals surface area contributed by atoms with E-state index >= 15 is 0 Å². The minimum atomic E-state index is -0.212. The molecule has 0 bridgehead atoms. The van der Waals surface area contributed by atoms with E-state index in [9.17, 15) is 4.79 Å². The van der Waals surface area contributed by atoms with E-state index in [2.05, 4.69) is 4.74 Å². The molecule has 2 rings (SSSR count). The quantitative estimate of drug-likeness (QED) is 0.740. The molecule has 0 radical (unpaired) electrons. The first-order chi connectivity index (χ1) is 9.28. The van der Waals surface area contributed by atoms with Crippen LogP contribution in [0, 0.1) is 0 Å². The fourth-order valence-electron chi connectivity index (χ4n) is 2.20. The molecule has 104 valence electrons. The van der Waals surface area contributed by atoms with Gasteiger partial charge in [-0.05, 0) is 18.4 Å². The van der Waals surface area contributed by atoms with Crippen LogP contribution in [-0.2, 0) is 25.6 Å². The molecule has 0 amide bonds. The van der Waals surface area contributed by atoms with Crippen LogP contribution in [0.1, 0.15) is 24.8 Å². The lowest BCUT2D eigenvalue weighted by molar-refractivity contribution is -0.144. The van der Waals surface area contributed by atoms with Gasteiger partial charge in [0.15, 0.2) is 0 Å². The van der Waals surface area contributed by atoms with Crippen molar-refractivity contribution in [2.24, 2.45) is 0 Å². The summed E-state index contributed by atoms with van der Waals surface area (Å²) < 4.78 is 16.0. The summed E-state index contributed by atoms with van der Waals surface area (Å²) in [5.41, 5.74) is 1.16. The second-order valence-corrected chi connectivity index (χ2v) is 4.74. The van der Waals surface area contributed by atoms with Crippen LogP contribution in [0.3, 0.4) is 0 Å². The Kier molecular flexibility index (Phi) is 5.36. The fourth-order valence-corrected chi connectivity index (χ4v) is 2.20. The third-order valence-corrected chi connectivity index (χ3v) is 3.23. The highest BCUT2D eigenvalue weighted by Crippen LogP contribution is 2.22. The zero-order chi connectivity index (χ0) is 13.5. The minimum absolute atomic E-state index is 0.0159. The van der Waals surface area contributed by atoms with Crippen molar-refractivity contribution < 1.29 is 19.0 Å². The molecule has 1 fully saturated rings. The lowest BCUT2D eigenvalue weighted by Crippen LogP contribution is -2.19. The van der Waals surface area contributed by atoms with Gasteiger partial charge in [0.05, 0.1) is 39.0 Å². The number of rotatable bonds is 6. The topological polar surface area (TPSA) is 44.8 Å². The molecule has 1 aromatic carbocycles. The van der Waals surface area contributed by atoms with E-state index in [4.69, 9.17) is 9.47 Å². The standard InChI is InChI=1S/C15H20O4/c1-17-15(16)9-13-7-8-14(19-13)11-18-10-12-5-3-2-4-6-12/h2-6,13-14H,7-11H2,1H3. The van der Waals surface area contributed by atoms with Crippen LogP contribution in [0.5, 0.6) is 0 Å². The Hall–Kier alpha value is -1.39. The number of hydrogen-bond acceptors (Lipinski definition) is 4. The average Bonchev–Trinajstić information content (AvgIpc) is 2.87. The molecule has 2 atom stereocenters. The number of esters is 1. The average molecular weight is 264 g/mol. The number of benzene rings is 1. The van der Waals surface area contributed by atoms with Crippen LogP contribution < -0.4 is 0 Å². The van der Waals surface area contributed by atoms with Gasteiger partial charge in [0.2, 0.25) is 0 Å². The van der Waals surface area contributed by atoms with E-state index in [-0.39, 0.29) is 18.2 Å². The first-order valence-corrected chi connectivity index (χ1v) is 6.62. The van der Waals surface area contributed by atoms with E-state index in [1.165, 1.54) is 7.11 Å². The number of carbonyl (C=O) groups is 1. The Labute approximate surface area is 113 Å². The molecule has 1 aliphatic rings. The summed E-state index contributed by atoms with van der Waals surface area (Å²) >= 11 is 0. The van der Waals surface area contributed by atoms with Crippen LogP contribution in [0.25, 0.3) is 0 Å². The van der Waals surface area contributed by atoms with Crippen LogP contribution in [-0.4, -0.2) is 31.9 Å². The molecule has 1 saturated heterocycles. The lowest BCUT2D eigenvalue weighted by atomic mass is 10.1. The van der Waals surface area contributed by atoms with Gasteiger partial charge in [-0.25, -0.2) is 0 Å². The largest absolute Gasteiger partial charge is 0.469 e. The van der Waals surface area contributed by atoms with Crippen molar-refractivity contribution in [3.63, 3.8) is 0 Å². The van der Waals surface area contributed by atoms with E-state index in [0.29, 0.717) is 19.6 Å². The summed E-state index contributed by atoms with van der Waals surface area (Å²) in [6.07, 6.45) is 2.26. The van der Waals surface area contributed by atoms with Gasteiger partial charge in [-0.2, -0.15) is 0 Å². The summed E-state index contributed by atoms with van der Waals surface area (Å²) in [6, 6.07) is 10.1. The zero-order valence-corrected chi connectivity index (χ0v) is 11.2. The number of methoxy groups -OCH3 is 1. The van der Waals surface area contributed by atoms with Crippen LogP contribution in [0.2, 0.25) is 0 Å². The van der Waals surface area contributed by atoms with E-state index in [0.717, 1.165) is 18.4 Å². The van der Waals surface area contributed by atoms with Crippen molar-refractivity contribution >= 4 is 5.97 Å². The van der Waals surface area contributed by atoms with Gasteiger partial charge < -0.3 is 14.2 Å². The van der Waals surface area contributed by atoms with Gasteiger partial charge >= 0.3 is 5.97 Å². The van der Waals surface area contributed by atoms with Crippen molar-refractivity contribution in [1.82, 2.24) is 0 Å². The van der Waals surface area contributed by atoms with Gasteiger partial charge in [-0.15, -0.1) is 0 Å². The highest BCUT2D eigenvalue weighted by molar-refractivity contribution is 5.69. The van der Waals surface area contributed by atoms with Crippen molar-refractivity contribution in [3.05, 3.63) is 35.9 Å². The van der Waals surface area contributed by atoms with Crippen molar-refractivity contribution in [2.45, 2.75) is 38.1 Å². The van der Waals surface area contributed by atoms with E-state index in [1.807, 2.05) is 30.3 Å². The summed E-state index contributed by atoms with van der Waals surface area (Å²) in [7, 11) is 1.40. The first-order valence-electron chi connectivity index (χ1n) is 6.62. The molecule has 0 aromatic heterocycles. The highest BCUT2D eigenvalue weighted by atomic mass is 16.5. The predicted octanol–water partition coefficient (Wildman–Crippen LogP) is 2.31. The molecule has 1 aliphatic heterocycles. The Balaban J connectivity index is 1.64. The van der Waals surface area contributed by atoms with E-state index < -0.39 is 0 Å². The third-order valence-electron chi connectivity index (χ3n) is 3.23. The van der Waals surface area contributed by atoms with Gasteiger partial charge in [0.25, 0.3) is 0 Å². The molecule has 4 heteroatoms. The minimum Gasteiger partial charge on any atom is -0.469 e. The molecule has 2 unspecified atom stereocenters. The SMILES string of the molecule is COC(=O)CC1CCC(COCc2ccccc2)O1.